The van der Waals surface area contributed by atoms with Crippen molar-refractivity contribution in [2.45, 2.75) is 19.1 Å². The van der Waals surface area contributed by atoms with Crippen LogP contribution in [0.1, 0.15) is 22.8 Å². The monoisotopic (exact) mass is 248 g/mol. The number of hydrogen-bond acceptors (Lipinski definition) is 4. The average Bonchev–Trinajstić information content (AvgIpc) is 2.34. The second-order valence-corrected chi connectivity index (χ2v) is 3.87. The number of carbonyl (C=O) groups is 1. The van der Waals surface area contributed by atoms with Gasteiger partial charge in [0.05, 0.1) is 17.8 Å². The molecule has 0 aliphatic rings. The number of aliphatic hydroxyl groups is 2. The summed E-state index contributed by atoms with van der Waals surface area (Å²) in [5.74, 6) is -0.0693. The second-order valence-electron chi connectivity index (χ2n) is 3.87. The van der Waals surface area contributed by atoms with Crippen molar-refractivity contribution in [1.82, 2.24) is 0 Å². The number of aromatic hydroxyl groups is 1. The first-order valence-electron chi connectivity index (χ1n) is 5.54. The molecule has 0 radical (unpaired) electrons. The Bertz CT molecular complexity index is 461. The number of allylic oxidation sites excluding steroid dienone is 2. The minimum Gasteiger partial charge on any atom is -0.507 e. The Labute approximate surface area is 106 Å². The molecule has 1 aromatic rings. The number of rotatable bonds is 5. The van der Waals surface area contributed by atoms with Gasteiger partial charge in [0, 0.05) is 0 Å². The fourth-order valence-electron chi connectivity index (χ4n) is 1.34. The van der Waals surface area contributed by atoms with E-state index in [4.69, 9.17) is 5.11 Å². The van der Waals surface area contributed by atoms with E-state index in [9.17, 15) is 15.0 Å². The maximum absolute atomic E-state index is 10.8. The summed E-state index contributed by atoms with van der Waals surface area (Å²) >= 11 is 0. The van der Waals surface area contributed by atoms with Gasteiger partial charge in [0.25, 0.3) is 0 Å². The maximum Gasteiger partial charge on any atom is 0.154 e. The molecular weight excluding hydrogens is 232 g/mol. The second kappa shape index (κ2) is 6.74. The van der Waals surface area contributed by atoms with E-state index in [1.165, 1.54) is 19.1 Å². The number of phenolic OH excluding ortho intramolecular Hbond substituents is 1. The minimum absolute atomic E-state index is 0.0693. The van der Waals surface area contributed by atoms with Gasteiger partial charge < -0.3 is 15.3 Å². The number of phenols is 1. The molecule has 1 rings (SSSR count). The smallest absolute Gasteiger partial charge is 0.154 e. The summed E-state index contributed by atoms with van der Waals surface area (Å²) < 4.78 is 0. The van der Waals surface area contributed by atoms with E-state index in [0.29, 0.717) is 11.8 Å². The van der Waals surface area contributed by atoms with Crippen LogP contribution in [0.3, 0.4) is 0 Å². The lowest BCUT2D eigenvalue weighted by molar-refractivity contribution is 0.0619. The molecule has 4 nitrogen and oxygen atoms in total. The summed E-state index contributed by atoms with van der Waals surface area (Å²) in [4.78, 5) is 10.8. The normalized spacial score (nSPS) is 15.1. The number of aliphatic hydroxyl groups excluding tert-OH is 2. The highest BCUT2D eigenvalue weighted by molar-refractivity contribution is 5.85. The molecule has 0 unspecified atom stereocenters. The largest absolute Gasteiger partial charge is 0.507 e. The zero-order valence-corrected chi connectivity index (χ0v) is 10.0. The molecular formula is C14H16O4. The van der Waals surface area contributed by atoms with Crippen LogP contribution < -0.4 is 0 Å². The van der Waals surface area contributed by atoms with Gasteiger partial charge in [-0.05, 0) is 18.6 Å². The Hall–Kier alpha value is -1.91. The predicted octanol–water partition coefficient (Wildman–Crippen LogP) is 1.52. The van der Waals surface area contributed by atoms with Crippen LogP contribution in [-0.2, 0) is 0 Å². The van der Waals surface area contributed by atoms with Gasteiger partial charge in [-0.3, -0.25) is 4.79 Å². The van der Waals surface area contributed by atoms with Crippen LogP contribution in [0.25, 0.3) is 6.08 Å². The van der Waals surface area contributed by atoms with Gasteiger partial charge in [-0.15, -0.1) is 0 Å². The lowest BCUT2D eigenvalue weighted by atomic mass is 10.1. The first-order chi connectivity index (χ1) is 8.56. The Morgan fingerprint density at radius 1 is 1.22 bits per heavy atom. The van der Waals surface area contributed by atoms with Crippen LogP contribution in [-0.4, -0.2) is 33.8 Å². The molecule has 96 valence electrons. The van der Waals surface area contributed by atoms with Crippen molar-refractivity contribution in [3.05, 3.63) is 47.6 Å². The van der Waals surface area contributed by atoms with Crippen molar-refractivity contribution < 1.29 is 20.1 Å². The average molecular weight is 248 g/mol. The van der Waals surface area contributed by atoms with Crippen LogP contribution in [0, 0.1) is 0 Å². The molecule has 0 aliphatic heterocycles. The van der Waals surface area contributed by atoms with Crippen LogP contribution in [0.2, 0.25) is 0 Å². The van der Waals surface area contributed by atoms with Gasteiger partial charge >= 0.3 is 0 Å². The van der Waals surface area contributed by atoms with Gasteiger partial charge in [-0.25, -0.2) is 0 Å². The minimum atomic E-state index is -0.927. The standard InChI is InChI=1S/C14H16O4/c1-10(16)13(17)7-3-2-5-11-6-4-8-14(18)12(11)9-15/h2-10,13,16-18H,1H3/b5-2+,7-3+/t10-,13+/m0/s1. The van der Waals surface area contributed by atoms with E-state index in [1.807, 2.05) is 0 Å². The third-order valence-corrected chi connectivity index (χ3v) is 2.42. The zero-order valence-electron chi connectivity index (χ0n) is 10.0. The molecule has 0 spiro atoms. The lowest BCUT2D eigenvalue weighted by Gasteiger charge is -2.06. The van der Waals surface area contributed by atoms with Crippen molar-refractivity contribution in [3.63, 3.8) is 0 Å². The summed E-state index contributed by atoms with van der Waals surface area (Å²) in [6.45, 7) is 1.48. The van der Waals surface area contributed by atoms with Crippen molar-refractivity contribution in [1.29, 1.82) is 0 Å². The molecule has 0 aliphatic carbocycles. The Balaban J connectivity index is 2.79. The molecule has 0 amide bonds. The summed E-state index contributed by atoms with van der Waals surface area (Å²) in [7, 11) is 0. The van der Waals surface area contributed by atoms with Crippen LogP contribution in [0.15, 0.2) is 36.4 Å². The predicted molar refractivity (Wildman–Crippen MR) is 69.4 cm³/mol. The molecule has 0 aromatic heterocycles. The Kier molecular flexibility index (Phi) is 5.30. The first-order valence-corrected chi connectivity index (χ1v) is 5.54. The third kappa shape index (κ3) is 3.84. The van der Waals surface area contributed by atoms with Gasteiger partial charge in [-0.1, -0.05) is 36.4 Å². The summed E-state index contributed by atoms with van der Waals surface area (Å²) in [5.41, 5.74) is 0.805. The van der Waals surface area contributed by atoms with E-state index in [1.54, 1.807) is 30.4 Å². The van der Waals surface area contributed by atoms with Gasteiger partial charge in [0.15, 0.2) is 6.29 Å². The lowest BCUT2D eigenvalue weighted by Crippen LogP contribution is -2.19. The van der Waals surface area contributed by atoms with E-state index in [-0.39, 0.29) is 11.3 Å². The molecule has 0 saturated heterocycles. The number of benzene rings is 1. The van der Waals surface area contributed by atoms with E-state index < -0.39 is 12.2 Å². The number of hydrogen-bond donors (Lipinski definition) is 3. The summed E-state index contributed by atoms with van der Waals surface area (Å²) in [6, 6.07) is 4.77. The van der Waals surface area contributed by atoms with Gasteiger partial charge in [0.2, 0.25) is 0 Å². The molecule has 0 heterocycles. The highest BCUT2D eigenvalue weighted by Gasteiger charge is 2.05. The summed E-state index contributed by atoms with van der Waals surface area (Å²) in [6.07, 6.45) is 5.08. The topological polar surface area (TPSA) is 77.8 Å². The van der Waals surface area contributed by atoms with Gasteiger partial charge in [-0.2, -0.15) is 0 Å². The highest BCUT2D eigenvalue weighted by atomic mass is 16.3. The molecule has 1 aromatic carbocycles. The molecule has 0 bridgehead atoms. The van der Waals surface area contributed by atoms with Crippen molar-refractivity contribution in [2.75, 3.05) is 0 Å². The fraction of sp³-hybridized carbons (Fsp3) is 0.214. The van der Waals surface area contributed by atoms with Crippen LogP contribution in [0.4, 0.5) is 0 Å². The van der Waals surface area contributed by atoms with Gasteiger partial charge in [0.1, 0.15) is 5.75 Å². The maximum atomic E-state index is 10.8. The SMILES string of the molecule is C[C@H](O)[C@H](O)/C=C/C=C/c1cccc(O)c1C=O. The molecule has 0 fully saturated rings. The van der Waals surface area contributed by atoms with Crippen molar-refractivity contribution >= 4 is 12.4 Å². The number of aldehydes is 1. The van der Waals surface area contributed by atoms with Crippen molar-refractivity contribution in [2.24, 2.45) is 0 Å². The Morgan fingerprint density at radius 3 is 2.56 bits per heavy atom. The quantitative estimate of drug-likeness (QED) is 0.545. The zero-order chi connectivity index (χ0) is 13.5. The Morgan fingerprint density at radius 2 is 1.94 bits per heavy atom. The van der Waals surface area contributed by atoms with Crippen LogP contribution >= 0.6 is 0 Å². The van der Waals surface area contributed by atoms with Crippen molar-refractivity contribution in [3.8, 4) is 5.75 Å². The molecule has 3 N–H and O–H groups in total. The third-order valence-electron chi connectivity index (χ3n) is 2.42. The highest BCUT2D eigenvalue weighted by Crippen LogP contribution is 2.19. The summed E-state index contributed by atoms with van der Waals surface area (Å²) in [5, 5.41) is 27.8. The first kappa shape index (κ1) is 14.2. The molecule has 0 saturated carbocycles. The molecule has 2 atom stereocenters. The fourth-order valence-corrected chi connectivity index (χ4v) is 1.34. The van der Waals surface area contributed by atoms with E-state index >= 15 is 0 Å². The van der Waals surface area contributed by atoms with E-state index in [2.05, 4.69) is 0 Å². The van der Waals surface area contributed by atoms with Crippen LogP contribution in [0.5, 0.6) is 5.75 Å². The van der Waals surface area contributed by atoms with E-state index in [0.717, 1.165) is 0 Å². The molecule has 4 heteroatoms. The number of carbonyl (C=O) groups excluding carboxylic acids is 1. The molecule has 18 heavy (non-hydrogen) atoms.